The highest BCUT2D eigenvalue weighted by Gasteiger charge is 2.23. The molecule has 0 saturated heterocycles. The van der Waals surface area contributed by atoms with E-state index in [0.29, 0.717) is 11.8 Å². The van der Waals surface area contributed by atoms with E-state index in [-0.39, 0.29) is 6.09 Å². The molecule has 0 aliphatic heterocycles. The van der Waals surface area contributed by atoms with E-state index in [1.54, 1.807) is 12.0 Å². The molecule has 1 atom stereocenters. The third-order valence-corrected chi connectivity index (χ3v) is 4.87. The van der Waals surface area contributed by atoms with Crippen molar-refractivity contribution in [2.75, 3.05) is 12.0 Å². The molecule has 1 aromatic carbocycles. The van der Waals surface area contributed by atoms with E-state index < -0.39 is 5.60 Å². The Kier molecular flexibility index (Phi) is 7.13. The molecule has 0 bridgehead atoms. The SMILES string of the molecule is COc1ccc(N(/C=C/[C@H](C)C2CCCCC2)C(=O)OC(C)(C)C)cc1. The minimum absolute atomic E-state index is 0.366. The second-order valence-electron chi connectivity index (χ2n) is 8.15. The quantitative estimate of drug-likeness (QED) is 0.631. The van der Waals surface area contributed by atoms with Crippen molar-refractivity contribution in [3.05, 3.63) is 36.5 Å². The van der Waals surface area contributed by atoms with Crippen LogP contribution in [-0.2, 0) is 4.74 Å². The summed E-state index contributed by atoms with van der Waals surface area (Å²) in [6.45, 7) is 7.89. The lowest BCUT2D eigenvalue weighted by Gasteiger charge is -2.27. The largest absolute Gasteiger partial charge is 0.497 e. The molecule has 0 radical (unpaired) electrons. The van der Waals surface area contributed by atoms with Gasteiger partial charge in [0.1, 0.15) is 11.4 Å². The molecule has 1 aromatic rings. The summed E-state index contributed by atoms with van der Waals surface area (Å²) in [5.41, 5.74) is 0.233. The van der Waals surface area contributed by atoms with Crippen molar-refractivity contribution in [1.82, 2.24) is 0 Å². The smallest absolute Gasteiger partial charge is 0.418 e. The van der Waals surface area contributed by atoms with Crippen LogP contribution in [0.4, 0.5) is 10.5 Å². The van der Waals surface area contributed by atoms with Gasteiger partial charge in [-0.1, -0.05) is 32.3 Å². The molecule has 1 fully saturated rings. The fourth-order valence-corrected chi connectivity index (χ4v) is 3.35. The number of allylic oxidation sites excluding steroid dienone is 1. The number of rotatable bonds is 5. The maximum atomic E-state index is 12.7. The highest BCUT2D eigenvalue weighted by molar-refractivity contribution is 5.89. The molecular formula is C22H33NO3. The van der Waals surface area contributed by atoms with Crippen molar-refractivity contribution in [3.63, 3.8) is 0 Å². The molecule has 0 unspecified atom stereocenters. The molecule has 1 aliphatic carbocycles. The van der Waals surface area contributed by atoms with Crippen molar-refractivity contribution in [2.45, 2.75) is 65.4 Å². The van der Waals surface area contributed by atoms with Gasteiger partial charge in [0, 0.05) is 6.20 Å². The van der Waals surface area contributed by atoms with E-state index in [2.05, 4.69) is 13.0 Å². The number of amides is 1. The summed E-state index contributed by atoms with van der Waals surface area (Å²) in [5.74, 6) is 1.91. The number of anilines is 1. The van der Waals surface area contributed by atoms with Crippen LogP contribution in [0.15, 0.2) is 36.5 Å². The third kappa shape index (κ3) is 6.08. The number of carbonyl (C=O) groups is 1. The van der Waals surface area contributed by atoms with Crippen LogP contribution >= 0.6 is 0 Å². The molecule has 2 rings (SSSR count). The van der Waals surface area contributed by atoms with Gasteiger partial charge in [-0.3, -0.25) is 4.90 Å². The molecule has 4 heteroatoms. The van der Waals surface area contributed by atoms with Crippen LogP contribution in [0.2, 0.25) is 0 Å². The van der Waals surface area contributed by atoms with Crippen LogP contribution in [0.1, 0.15) is 59.8 Å². The van der Waals surface area contributed by atoms with E-state index in [0.717, 1.165) is 11.4 Å². The molecule has 1 aliphatic rings. The van der Waals surface area contributed by atoms with Crippen molar-refractivity contribution >= 4 is 11.8 Å². The second-order valence-corrected chi connectivity index (χ2v) is 8.15. The van der Waals surface area contributed by atoms with Crippen molar-refractivity contribution < 1.29 is 14.3 Å². The van der Waals surface area contributed by atoms with E-state index in [1.165, 1.54) is 32.1 Å². The first kappa shape index (κ1) is 20.3. The van der Waals surface area contributed by atoms with E-state index in [9.17, 15) is 4.79 Å². The first-order valence-electron chi connectivity index (χ1n) is 9.65. The predicted octanol–water partition coefficient (Wildman–Crippen LogP) is 6.17. The zero-order valence-corrected chi connectivity index (χ0v) is 16.8. The van der Waals surface area contributed by atoms with Crippen molar-refractivity contribution in [3.8, 4) is 5.75 Å². The summed E-state index contributed by atoms with van der Waals surface area (Å²) in [6.07, 6.45) is 10.2. The number of hydrogen-bond acceptors (Lipinski definition) is 3. The van der Waals surface area contributed by atoms with Gasteiger partial charge >= 0.3 is 6.09 Å². The molecular weight excluding hydrogens is 326 g/mol. The maximum Gasteiger partial charge on any atom is 0.418 e. The highest BCUT2D eigenvalue weighted by Crippen LogP contribution is 2.31. The molecule has 1 saturated carbocycles. The number of nitrogens with zero attached hydrogens (tertiary/aromatic N) is 1. The van der Waals surface area contributed by atoms with Crippen LogP contribution in [0.25, 0.3) is 0 Å². The van der Waals surface area contributed by atoms with Gasteiger partial charge in [0.15, 0.2) is 0 Å². The fraction of sp³-hybridized carbons (Fsp3) is 0.591. The van der Waals surface area contributed by atoms with Crippen LogP contribution in [0, 0.1) is 11.8 Å². The molecule has 4 nitrogen and oxygen atoms in total. The Morgan fingerprint density at radius 3 is 2.31 bits per heavy atom. The first-order chi connectivity index (χ1) is 12.3. The van der Waals surface area contributed by atoms with Gasteiger partial charge in [0.2, 0.25) is 0 Å². The zero-order chi connectivity index (χ0) is 19.2. The summed E-state index contributed by atoms with van der Waals surface area (Å²) >= 11 is 0. The minimum Gasteiger partial charge on any atom is -0.497 e. The van der Waals surface area contributed by atoms with Crippen molar-refractivity contribution in [1.29, 1.82) is 0 Å². The Hall–Kier alpha value is -1.97. The predicted molar refractivity (Wildman–Crippen MR) is 107 cm³/mol. The van der Waals surface area contributed by atoms with Gasteiger partial charge in [-0.05, 0) is 69.7 Å². The Morgan fingerprint density at radius 1 is 1.15 bits per heavy atom. The molecule has 144 valence electrons. The van der Waals surface area contributed by atoms with Gasteiger partial charge in [-0.15, -0.1) is 0 Å². The lowest BCUT2D eigenvalue weighted by atomic mass is 9.81. The molecule has 0 aromatic heterocycles. The van der Waals surface area contributed by atoms with E-state index >= 15 is 0 Å². The van der Waals surface area contributed by atoms with Crippen LogP contribution in [-0.4, -0.2) is 18.8 Å². The van der Waals surface area contributed by atoms with Crippen LogP contribution in [0.5, 0.6) is 5.75 Å². The van der Waals surface area contributed by atoms with Gasteiger partial charge in [0.25, 0.3) is 0 Å². The topological polar surface area (TPSA) is 38.8 Å². The molecule has 0 N–H and O–H groups in total. The third-order valence-electron chi connectivity index (χ3n) is 4.87. The van der Waals surface area contributed by atoms with Crippen LogP contribution in [0.3, 0.4) is 0 Å². The number of ether oxygens (including phenoxy) is 2. The summed E-state index contributed by atoms with van der Waals surface area (Å²) in [5, 5.41) is 0. The van der Waals surface area contributed by atoms with E-state index in [1.807, 2.05) is 51.2 Å². The van der Waals surface area contributed by atoms with E-state index in [4.69, 9.17) is 9.47 Å². The summed E-state index contributed by atoms with van der Waals surface area (Å²) in [7, 11) is 1.63. The number of methoxy groups -OCH3 is 1. The average molecular weight is 360 g/mol. The summed E-state index contributed by atoms with van der Waals surface area (Å²) in [4.78, 5) is 14.3. The Bertz CT molecular complexity index is 595. The lowest BCUT2D eigenvalue weighted by molar-refractivity contribution is 0.0596. The summed E-state index contributed by atoms with van der Waals surface area (Å²) in [6, 6.07) is 7.45. The molecule has 0 spiro atoms. The Morgan fingerprint density at radius 2 is 1.77 bits per heavy atom. The lowest BCUT2D eigenvalue weighted by Crippen LogP contribution is -2.33. The van der Waals surface area contributed by atoms with Crippen molar-refractivity contribution in [2.24, 2.45) is 11.8 Å². The van der Waals surface area contributed by atoms with Crippen LogP contribution < -0.4 is 9.64 Å². The minimum atomic E-state index is -0.537. The monoisotopic (exact) mass is 359 g/mol. The number of hydrogen-bond donors (Lipinski definition) is 0. The summed E-state index contributed by atoms with van der Waals surface area (Å²) < 4.78 is 10.8. The second kappa shape index (κ2) is 9.11. The molecule has 0 heterocycles. The fourth-order valence-electron chi connectivity index (χ4n) is 3.35. The first-order valence-corrected chi connectivity index (χ1v) is 9.65. The normalized spacial score (nSPS) is 17.1. The molecule has 26 heavy (non-hydrogen) atoms. The Balaban J connectivity index is 2.18. The molecule has 1 amide bonds. The maximum absolute atomic E-state index is 12.7. The zero-order valence-electron chi connectivity index (χ0n) is 16.8. The Labute approximate surface area is 158 Å². The standard InChI is InChI=1S/C22H33NO3/c1-17(18-9-7-6-8-10-18)15-16-23(21(24)26-22(2,3)4)19-11-13-20(25-5)14-12-19/h11-18H,6-10H2,1-5H3/b16-15+/t17-/m0/s1. The highest BCUT2D eigenvalue weighted by atomic mass is 16.6. The van der Waals surface area contributed by atoms with Gasteiger partial charge in [0.05, 0.1) is 12.8 Å². The number of carbonyl (C=O) groups excluding carboxylic acids is 1. The van der Waals surface area contributed by atoms with Gasteiger partial charge < -0.3 is 9.47 Å². The number of benzene rings is 1. The van der Waals surface area contributed by atoms with Gasteiger partial charge in [-0.2, -0.15) is 0 Å². The average Bonchev–Trinajstić information content (AvgIpc) is 2.61. The van der Waals surface area contributed by atoms with Gasteiger partial charge in [-0.25, -0.2) is 4.79 Å².